The first-order chi connectivity index (χ1) is 39.4. The van der Waals surface area contributed by atoms with E-state index in [-0.39, 0.29) is 28.0 Å². The van der Waals surface area contributed by atoms with Crippen molar-refractivity contribution in [3.63, 3.8) is 0 Å². The van der Waals surface area contributed by atoms with E-state index in [1.54, 1.807) is 33.6 Å². The molecule has 25 heteroatoms. The van der Waals surface area contributed by atoms with Crippen molar-refractivity contribution >= 4 is 124 Å². The zero-order valence-electron chi connectivity index (χ0n) is 52.4. The highest BCUT2D eigenvalue weighted by Crippen LogP contribution is 2.33. The molecule has 19 nitrogen and oxygen atoms in total. The summed E-state index contributed by atoms with van der Waals surface area (Å²) in [4.78, 5) is 31.3. The molecule has 1 aliphatic rings. The molecular weight excluding hydrogens is 1260 g/mol. The molecule has 0 atom stereocenters. The van der Waals surface area contributed by atoms with Crippen LogP contribution < -0.4 is 5.32 Å². The number of halogens is 1. The maximum Gasteiger partial charge on any atom is 0.271 e. The molecule has 0 unspecified atom stereocenters. The van der Waals surface area contributed by atoms with E-state index in [2.05, 4.69) is 136 Å². The predicted octanol–water partition coefficient (Wildman–Crippen LogP) is 15.1. The minimum absolute atomic E-state index is 0.0190. The molecule has 1 saturated heterocycles. The molecule has 0 aliphatic carbocycles. The zero-order chi connectivity index (χ0) is 61.6. The fourth-order valence-corrected chi connectivity index (χ4v) is 13.8. The third kappa shape index (κ3) is 21.0. The first kappa shape index (κ1) is 68.3. The lowest BCUT2D eigenvalue weighted by atomic mass is 10.2. The fourth-order valence-electron chi connectivity index (χ4n) is 8.66. The van der Waals surface area contributed by atoms with Crippen molar-refractivity contribution in [2.24, 2.45) is 0 Å². The smallest absolute Gasteiger partial charge is 0.271 e. The standard InChI is InChI=1S/C26H37N5O4Si2.C16H27N3O3Si2.C13H19IN2OSi.C4H8O/c1-36(2,3)15-13-34-18-29-23-10-8-7-9-22(23)27-26(29)25-21-12-11-20(31(32)33)17-24(21)30(28-25)19-35-14-16-37(4,5)6;1-23(2,3)10-9-22-12-18-15-11-13(19(20)21)7-8-14(15)16(17-18)24(4,5)6;1-18(2,3)9-8-17-10-16-12-7-5-4-6-11(12)15-13(16)14;1-2-4-5-3-1/h7-12,17H,13-16,18-19H2,1-6H3;7-8,11H,9-10,12H2,1-6H3;4-7H,8-10H2,1-3H3;1-4H2. The van der Waals surface area contributed by atoms with E-state index in [0.29, 0.717) is 57.0 Å². The van der Waals surface area contributed by atoms with Gasteiger partial charge in [-0.1, -0.05) is 122 Å². The summed E-state index contributed by atoms with van der Waals surface area (Å²) in [5.41, 5.74) is 6.20. The number of hydrogen-bond donors (Lipinski definition) is 0. The molecule has 0 saturated carbocycles. The molecule has 0 spiro atoms. The Bertz CT molecular complexity index is 3430. The Morgan fingerprint density at radius 1 is 0.512 bits per heavy atom. The van der Waals surface area contributed by atoms with E-state index in [1.165, 1.54) is 25.0 Å². The highest BCUT2D eigenvalue weighted by Gasteiger charge is 2.27. The zero-order valence-corrected chi connectivity index (χ0v) is 59.6. The second-order valence-corrected chi connectivity index (χ2v) is 55.6. The van der Waals surface area contributed by atoms with Gasteiger partial charge in [0.15, 0.2) is 9.66 Å². The number of aromatic nitrogens is 8. The number of rotatable bonds is 24. The van der Waals surface area contributed by atoms with Crippen molar-refractivity contribution < 1.29 is 33.5 Å². The summed E-state index contributed by atoms with van der Waals surface area (Å²) in [5, 5.41) is 35.1. The van der Waals surface area contributed by atoms with Gasteiger partial charge in [-0.3, -0.25) is 29.4 Å². The van der Waals surface area contributed by atoms with Crippen molar-refractivity contribution in [1.82, 2.24) is 38.7 Å². The molecule has 0 N–H and O–H groups in total. The van der Waals surface area contributed by atoms with Gasteiger partial charge in [0, 0.05) is 130 Å². The van der Waals surface area contributed by atoms with E-state index in [1.807, 2.05) is 53.1 Å². The van der Waals surface area contributed by atoms with Crippen molar-refractivity contribution in [2.45, 2.75) is 162 Å². The average molecular weight is 1350 g/mol. The van der Waals surface area contributed by atoms with Gasteiger partial charge in [0.2, 0.25) is 0 Å². The fraction of sp³-hybridized carbons (Fsp3) is 0.525. The lowest BCUT2D eigenvalue weighted by Crippen LogP contribution is -2.39. The number of hydrogen-bond acceptors (Lipinski definition) is 13. The van der Waals surface area contributed by atoms with Gasteiger partial charge in [-0.25, -0.2) is 19.3 Å². The minimum atomic E-state index is -1.65. The van der Waals surface area contributed by atoms with Gasteiger partial charge < -0.3 is 23.7 Å². The predicted molar refractivity (Wildman–Crippen MR) is 363 cm³/mol. The molecule has 4 aromatic carbocycles. The van der Waals surface area contributed by atoms with E-state index in [4.69, 9.17) is 38.9 Å². The molecule has 1 aliphatic heterocycles. The molecule has 0 bridgehead atoms. The van der Waals surface area contributed by atoms with Crippen LogP contribution in [0.3, 0.4) is 0 Å². The van der Waals surface area contributed by atoms with E-state index in [0.717, 1.165) is 85.5 Å². The lowest BCUT2D eigenvalue weighted by Gasteiger charge is -2.16. The van der Waals surface area contributed by atoms with E-state index >= 15 is 0 Å². The Hall–Kier alpha value is -4.83. The summed E-state index contributed by atoms with van der Waals surface area (Å²) in [6.45, 7) is 41.0. The van der Waals surface area contributed by atoms with Crippen molar-refractivity contribution in [1.29, 1.82) is 0 Å². The second kappa shape index (κ2) is 30.2. The van der Waals surface area contributed by atoms with Crippen LogP contribution in [0.15, 0.2) is 84.9 Å². The van der Waals surface area contributed by atoms with E-state index < -0.39 is 40.4 Å². The Labute approximate surface area is 514 Å². The van der Waals surface area contributed by atoms with Crippen LogP contribution >= 0.6 is 22.6 Å². The average Bonchev–Trinajstić information content (AvgIpc) is 2.41. The van der Waals surface area contributed by atoms with E-state index in [9.17, 15) is 20.2 Å². The Morgan fingerprint density at radius 3 is 1.36 bits per heavy atom. The SMILES string of the molecule is C1CCOC1.C[Si](C)(C)CCOCn1c(I)nc2ccccc21.C[Si](C)(C)CCOCn1nc(-c2nc3ccccc3n2COCC[Si](C)(C)C)c2ccc([N+](=O)[O-])cc21.C[Si](C)(C)CCOCn1nc([Si](C)(C)C)c2ccc([N+](=O)[O-])cc21. The third-order valence-corrected chi connectivity index (χ3v) is 23.2. The molecule has 8 aromatic rings. The highest BCUT2D eigenvalue weighted by atomic mass is 127. The normalized spacial score (nSPS) is 13.2. The first-order valence-electron chi connectivity index (χ1n) is 29.1. The topological polar surface area (TPSA) is 204 Å². The Morgan fingerprint density at radius 2 is 0.917 bits per heavy atom. The van der Waals surface area contributed by atoms with Gasteiger partial charge in [-0.15, -0.1) is 0 Å². The monoisotopic (exact) mass is 1350 g/mol. The molecule has 4 aromatic heterocycles. The molecule has 5 heterocycles. The van der Waals surface area contributed by atoms with Gasteiger partial charge in [0.1, 0.15) is 40.7 Å². The van der Waals surface area contributed by atoms with Crippen LogP contribution in [-0.2, 0) is 50.6 Å². The number of nitro groups is 2. The molecule has 1 fully saturated rings. The number of ether oxygens (including phenoxy) is 5. The van der Waals surface area contributed by atoms with Gasteiger partial charge >= 0.3 is 0 Å². The largest absolute Gasteiger partial charge is 0.381 e. The maximum absolute atomic E-state index is 11.5. The van der Waals surface area contributed by atoms with Gasteiger partial charge in [0.25, 0.3) is 11.4 Å². The summed E-state index contributed by atoms with van der Waals surface area (Å²) in [7, 11) is -6.24. The van der Waals surface area contributed by atoms with Crippen molar-refractivity contribution in [3.05, 3.63) is 109 Å². The molecule has 9 rings (SSSR count). The molecule has 84 heavy (non-hydrogen) atoms. The number of nitro benzene ring substituents is 2. The van der Waals surface area contributed by atoms with Crippen LogP contribution in [0.1, 0.15) is 12.8 Å². The molecular formula is C59H91IN10O9Si5. The third-order valence-electron chi connectivity index (χ3n) is 13.8. The molecule has 0 amide bonds. The van der Waals surface area contributed by atoms with Crippen LogP contribution in [0.25, 0.3) is 55.4 Å². The van der Waals surface area contributed by atoms with Gasteiger partial charge in [0.05, 0.1) is 48.3 Å². The van der Waals surface area contributed by atoms with Crippen molar-refractivity contribution in [3.8, 4) is 11.5 Å². The number of nitrogens with zero attached hydrogens (tertiary/aromatic N) is 10. The Balaban J connectivity index is 0.000000206. The van der Waals surface area contributed by atoms with Crippen LogP contribution in [0, 0.1) is 24.1 Å². The number of benzene rings is 4. The summed E-state index contributed by atoms with van der Waals surface area (Å²) in [6, 6.07) is 30.3. The van der Waals surface area contributed by atoms with Crippen LogP contribution in [0.2, 0.25) is 122 Å². The van der Waals surface area contributed by atoms with Crippen LogP contribution in [-0.4, -0.2) is 129 Å². The van der Waals surface area contributed by atoms with Gasteiger partial charge in [-0.05, 0) is 73.4 Å². The first-order valence-corrected chi connectivity index (χ1v) is 48.6. The second-order valence-electron chi connectivity index (χ2n) is 27.2. The number of para-hydroxylation sites is 4. The van der Waals surface area contributed by atoms with Crippen LogP contribution in [0.5, 0.6) is 0 Å². The summed E-state index contributed by atoms with van der Waals surface area (Å²) >= 11 is 2.26. The summed E-state index contributed by atoms with van der Waals surface area (Å²) in [6.07, 6.45) is 2.56. The maximum atomic E-state index is 11.5. The Kier molecular flexibility index (Phi) is 24.5. The quantitative estimate of drug-likeness (QED) is 0.0182. The highest BCUT2D eigenvalue weighted by molar-refractivity contribution is 14.1. The van der Waals surface area contributed by atoms with Gasteiger partial charge in [-0.2, -0.15) is 10.2 Å². The summed E-state index contributed by atoms with van der Waals surface area (Å²) in [5.74, 6) is 0.675. The summed E-state index contributed by atoms with van der Waals surface area (Å²) < 4.78 is 37.3. The molecule has 458 valence electrons. The molecule has 0 radical (unpaired) electrons. The number of non-ortho nitro benzene ring substituents is 2. The minimum Gasteiger partial charge on any atom is -0.381 e. The lowest BCUT2D eigenvalue weighted by molar-refractivity contribution is -0.384. The number of imidazole rings is 2. The van der Waals surface area contributed by atoms with Crippen LogP contribution in [0.4, 0.5) is 11.4 Å². The number of fused-ring (bicyclic) bond motifs is 4. The van der Waals surface area contributed by atoms with Crippen molar-refractivity contribution in [2.75, 3.05) is 39.6 Å².